The Labute approximate surface area is 72.2 Å². The van der Waals surface area contributed by atoms with E-state index in [1.165, 1.54) is 0 Å². The predicted molar refractivity (Wildman–Crippen MR) is 38.2 cm³/mol. The van der Waals surface area contributed by atoms with Crippen LogP contribution >= 0.6 is 0 Å². The zero-order valence-electron chi connectivity index (χ0n) is 6.45. The minimum absolute atomic E-state index is 0.241. The number of hydrogen-bond donors (Lipinski definition) is 0. The van der Waals surface area contributed by atoms with Crippen molar-refractivity contribution in [1.82, 2.24) is 5.73 Å². The lowest BCUT2D eigenvalue weighted by Gasteiger charge is -2.07. The minimum Gasteiger partial charge on any atom is -0.253 e. The van der Waals surface area contributed by atoms with E-state index >= 15 is 0 Å². The van der Waals surface area contributed by atoms with Crippen LogP contribution in [0.3, 0.4) is 0 Å². The van der Waals surface area contributed by atoms with Crippen molar-refractivity contribution in [3.8, 4) is 0 Å². The molecule has 0 fully saturated rings. The van der Waals surface area contributed by atoms with E-state index in [0.29, 0.717) is 12.1 Å². The van der Waals surface area contributed by atoms with Gasteiger partial charge in [0, 0.05) is 12.1 Å². The molecular formula is C8H6F4N. The van der Waals surface area contributed by atoms with Gasteiger partial charge in [0.15, 0.2) is 0 Å². The van der Waals surface area contributed by atoms with E-state index in [0.717, 1.165) is 6.07 Å². The molecule has 1 nitrogen and oxygen atoms in total. The monoisotopic (exact) mass is 192 g/mol. The number of nitrogens with one attached hydrogen (secondary N) is 1. The van der Waals surface area contributed by atoms with Crippen molar-refractivity contribution in [3.63, 3.8) is 0 Å². The maximum atomic E-state index is 12.7. The molecule has 1 aromatic carbocycles. The van der Waals surface area contributed by atoms with Gasteiger partial charge < -0.3 is 0 Å². The Bertz CT molecular complexity index is 306. The van der Waals surface area contributed by atoms with Gasteiger partial charge in [-0.15, -0.1) is 0 Å². The van der Waals surface area contributed by atoms with E-state index in [9.17, 15) is 17.6 Å². The van der Waals surface area contributed by atoms with Crippen LogP contribution in [0.5, 0.6) is 0 Å². The lowest BCUT2D eigenvalue weighted by molar-refractivity contribution is -0.137. The summed E-state index contributed by atoms with van der Waals surface area (Å²) in [6.45, 7) is -0.490. The van der Waals surface area contributed by atoms with Crippen molar-refractivity contribution in [2.45, 2.75) is 12.7 Å². The van der Waals surface area contributed by atoms with E-state index in [1.54, 1.807) is 0 Å². The molecule has 0 aromatic heterocycles. The van der Waals surface area contributed by atoms with Gasteiger partial charge in [0.1, 0.15) is 5.82 Å². The topological polar surface area (TPSA) is 23.8 Å². The normalized spacial score (nSPS) is 11.8. The fourth-order valence-corrected chi connectivity index (χ4v) is 0.887. The number of rotatable bonds is 1. The summed E-state index contributed by atoms with van der Waals surface area (Å²) in [5.41, 5.74) is 5.62. The summed E-state index contributed by atoms with van der Waals surface area (Å²) in [5, 5.41) is 0. The Morgan fingerprint density at radius 2 is 1.85 bits per heavy atom. The molecule has 0 bridgehead atoms. The molecule has 0 saturated carbocycles. The lowest BCUT2D eigenvalue weighted by atomic mass is 10.1. The van der Waals surface area contributed by atoms with Gasteiger partial charge in [-0.25, -0.2) is 4.39 Å². The average Bonchev–Trinajstić information content (AvgIpc) is 2.03. The van der Waals surface area contributed by atoms with Gasteiger partial charge in [0.25, 0.3) is 0 Å². The summed E-state index contributed by atoms with van der Waals surface area (Å²) in [6, 6.07) is 2.05. The Kier molecular flexibility index (Phi) is 2.56. The Hall–Kier alpha value is -1.10. The van der Waals surface area contributed by atoms with Crippen LogP contribution < -0.4 is 5.73 Å². The standard InChI is InChI=1S/C8H6F4N/c9-7-2-1-6(8(10,11)12)3-5(7)4-13/h1-3,13H,4H2. The molecule has 1 radical (unpaired) electrons. The molecule has 71 valence electrons. The van der Waals surface area contributed by atoms with Gasteiger partial charge in [0.05, 0.1) is 5.56 Å². The Morgan fingerprint density at radius 3 is 2.31 bits per heavy atom. The third kappa shape index (κ3) is 2.18. The fraction of sp³-hybridized carbons (Fsp3) is 0.250. The molecule has 13 heavy (non-hydrogen) atoms. The van der Waals surface area contributed by atoms with Crippen LogP contribution in [-0.4, -0.2) is 0 Å². The quantitative estimate of drug-likeness (QED) is 0.611. The highest BCUT2D eigenvalue weighted by Gasteiger charge is 2.30. The van der Waals surface area contributed by atoms with Gasteiger partial charge in [-0.2, -0.15) is 13.2 Å². The first-order valence-electron chi connectivity index (χ1n) is 3.45. The van der Waals surface area contributed by atoms with E-state index in [2.05, 4.69) is 0 Å². The summed E-state index contributed by atoms with van der Waals surface area (Å²) in [5.74, 6) is -0.775. The number of benzene rings is 1. The summed E-state index contributed by atoms with van der Waals surface area (Å²) < 4.78 is 48.8. The molecule has 0 aliphatic rings. The Balaban J connectivity index is 3.14. The summed E-state index contributed by atoms with van der Waals surface area (Å²) in [7, 11) is 0. The van der Waals surface area contributed by atoms with Crippen LogP contribution in [0.1, 0.15) is 11.1 Å². The first kappa shape index (κ1) is 9.98. The number of halogens is 4. The van der Waals surface area contributed by atoms with E-state index in [-0.39, 0.29) is 5.56 Å². The van der Waals surface area contributed by atoms with Crippen LogP contribution in [0.15, 0.2) is 18.2 Å². The molecule has 1 N–H and O–H groups in total. The maximum absolute atomic E-state index is 12.7. The molecular weight excluding hydrogens is 186 g/mol. The first-order valence-corrected chi connectivity index (χ1v) is 3.45. The molecule has 0 spiro atoms. The largest absolute Gasteiger partial charge is 0.416 e. The van der Waals surface area contributed by atoms with Crippen molar-refractivity contribution in [2.24, 2.45) is 0 Å². The van der Waals surface area contributed by atoms with Crippen LogP contribution in [0.4, 0.5) is 17.6 Å². The minimum atomic E-state index is -4.47. The molecule has 0 atom stereocenters. The second-order valence-electron chi connectivity index (χ2n) is 2.48. The van der Waals surface area contributed by atoms with E-state index in [4.69, 9.17) is 5.73 Å². The molecule has 0 amide bonds. The molecule has 0 heterocycles. The second kappa shape index (κ2) is 3.33. The van der Waals surface area contributed by atoms with Crippen LogP contribution in [-0.2, 0) is 12.7 Å². The van der Waals surface area contributed by atoms with E-state index < -0.39 is 24.1 Å². The van der Waals surface area contributed by atoms with Crippen molar-refractivity contribution >= 4 is 0 Å². The van der Waals surface area contributed by atoms with Gasteiger partial charge >= 0.3 is 6.18 Å². The Morgan fingerprint density at radius 1 is 1.23 bits per heavy atom. The smallest absolute Gasteiger partial charge is 0.253 e. The SMILES string of the molecule is [NH]Cc1cc(C(F)(F)F)ccc1F. The van der Waals surface area contributed by atoms with Crippen LogP contribution in [0, 0.1) is 5.82 Å². The first-order chi connectivity index (χ1) is 5.95. The molecule has 5 heteroatoms. The lowest BCUT2D eigenvalue weighted by Crippen LogP contribution is -2.06. The molecule has 0 saturated heterocycles. The van der Waals surface area contributed by atoms with Crippen molar-refractivity contribution < 1.29 is 17.6 Å². The average molecular weight is 192 g/mol. The highest BCUT2D eigenvalue weighted by atomic mass is 19.4. The molecule has 1 rings (SSSR count). The van der Waals surface area contributed by atoms with Crippen molar-refractivity contribution in [1.29, 1.82) is 0 Å². The molecule has 1 aromatic rings. The van der Waals surface area contributed by atoms with Crippen molar-refractivity contribution in [2.75, 3.05) is 0 Å². The second-order valence-corrected chi connectivity index (χ2v) is 2.48. The third-order valence-electron chi connectivity index (χ3n) is 1.56. The molecule has 0 unspecified atom stereocenters. The van der Waals surface area contributed by atoms with Gasteiger partial charge in [-0.1, -0.05) is 0 Å². The number of alkyl halides is 3. The predicted octanol–water partition coefficient (Wildman–Crippen LogP) is 2.63. The molecule has 0 aliphatic carbocycles. The van der Waals surface area contributed by atoms with Gasteiger partial charge in [0.2, 0.25) is 0 Å². The van der Waals surface area contributed by atoms with E-state index in [1.807, 2.05) is 0 Å². The van der Waals surface area contributed by atoms with Crippen LogP contribution in [0.2, 0.25) is 0 Å². The molecule has 0 aliphatic heterocycles. The highest BCUT2D eigenvalue weighted by molar-refractivity contribution is 5.26. The summed E-state index contributed by atoms with van der Waals surface area (Å²) >= 11 is 0. The van der Waals surface area contributed by atoms with Gasteiger partial charge in [-0.05, 0) is 18.2 Å². The van der Waals surface area contributed by atoms with Gasteiger partial charge in [-0.3, -0.25) is 5.73 Å². The summed E-state index contributed by atoms with van der Waals surface area (Å²) in [4.78, 5) is 0. The maximum Gasteiger partial charge on any atom is 0.416 e. The summed E-state index contributed by atoms with van der Waals surface area (Å²) in [6.07, 6.45) is -4.47. The van der Waals surface area contributed by atoms with Crippen molar-refractivity contribution in [3.05, 3.63) is 35.1 Å². The third-order valence-corrected chi connectivity index (χ3v) is 1.56. The highest BCUT2D eigenvalue weighted by Crippen LogP contribution is 2.30. The fourth-order valence-electron chi connectivity index (χ4n) is 0.887. The number of hydrogen-bond acceptors (Lipinski definition) is 0. The zero-order valence-corrected chi connectivity index (χ0v) is 6.45. The van der Waals surface area contributed by atoms with Crippen LogP contribution in [0.25, 0.3) is 0 Å². The zero-order chi connectivity index (χ0) is 10.1.